The van der Waals surface area contributed by atoms with Gasteiger partial charge in [0.05, 0.1) is 0 Å². The van der Waals surface area contributed by atoms with E-state index < -0.39 is 0 Å². The van der Waals surface area contributed by atoms with Crippen LogP contribution in [0.3, 0.4) is 0 Å². The first-order valence-electron chi connectivity index (χ1n) is 5.47. The van der Waals surface area contributed by atoms with Crippen molar-refractivity contribution in [1.29, 1.82) is 0 Å². The maximum Gasteiger partial charge on any atom is 0.118 e. The predicted octanol–water partition coefficient (Wildman–Crippen LogP) is 3.76. The molecule has 0 saturated carbocycles. The van der Waals surface area contributed by atoms with Gasteiger partial charge in [-0.2, -0.15) is 0 Å². The number of hydrogen-bond donors (Lipinski definition) is 1. The molecular weight excluding hydrogens is 172 g/mol. The summed E-state index contributed by atoms with van der Waals surface area (Å²) in [4.78, 5) is 0. The molecule has 0 unspecified atom stereocenters. The van der Waals surface area contributed by atoms with Crippen LogP contribution in [0.25, 0.3) is 0 Å². The standard InChI is InChI=1S/C13H20O/c1-11(2)7-3-4-8-12-9-5-6-10-13(12)14/h5-6,9-11,14H,3-4,7-8H2,1-2H3. The van der Waals surface area contributed by atoms with E-state index >= 15 is 0 Å². The number of phenolic OH excluding ortho intramolecular Hbond substituents is 1. The highest BCUT2D eigenvalue weighted by Gasteiger charge is 1.99. The molecule has 0 atom stereocenters. The van der Waals surface area contributed by atoms with Crippen LogP contribution in [0.15, 0.2) is 24.3 Å². The first kappa shape index (κ1) is 11.1. The Kier molecular flexibility index (Phi) is 4.51. The molecule has 78 valence electrons. The molecule has 0 amide bonds. The van der Waals surface area contributed by atoms with Crippen molar-refractivity contribution in [3.8, 4) is 5.75 Å². The number of aromatic hydroxyl groups is 1. The first-order valence-corrected chi connectivity index (χ1v) is 5.47. The fourth-order valence-corrected chi connectivity index (χ4v) is 1.59. The van der Waals surface area contributed by atoms with Gasteiger partial charge >= 0.3 is 0 Å². The van der Waals surface area contributed by atoms with Gasteiger partial charge in [-0.05, 0) is 30.4 Å². The van der Waals surface area contributed by atoms with Gasteiger partial charge in [-0.3, -0.25) is 0 Å². The van der Waals surface area contributed by atoms with Gasteiger partial charge in [0.25, 0.3) is 0 Å². The summed E-state index contributed by atoms with van der Waals surface area (Å²) >= 11 is 0. The number of rotatable bonds is 5. The van der Waals surface area contributed by atoms with Crippen molar-refractivity contribution in [2.45, 2.75) is 39.5 Å². The summed E-state index contributed by atoms with van der Waals surface area (Å²) in [6.07, 6.45) is 4.72. The van der Waals surface area contributed by atoms with E-state index in [4.69, 9.17) is 0 Å². The highest BCUT2D eigenvalue weighted by molar-refractivity contribution is 5.31. The molecule has 1 N–H and O–H groups in total. The second-order valence-corrected chi connectivity index (χ2v) is 4.27. The van der Waals surface area contributed by atoms with Crippen LogP contribution < -0.4 is 0 Å². The number of aryl methyl sites for hydroxylation is 1. The molecule has 1 aromatic rings. The van der Waals surface area contributed by atoms with Gasteiger partial charge in [0.1, 0.15) is 5.75 Å². The normalized spacial score (nSPS) is 10.8. The quantitative estimate of drug-likeness (QED) is 0.704. The zero-order valence-electron chi connectivity index (χ0n) is 9.16. The molecule has 1 rings (SSSR count). The van der Waals surface area contributed by atoms with Crippen LogP contribution in [0, 0.1) is 5.92 Å². The molecule has 1 heteroatoms. The van der Waals surface area contributed by atoms with Gasteiger partial charge in [-0.25, -0.2) is 0 Å². The van der Waals surface area contributed by atoms with Crippen molar-refractivity contribution < 1.29 is 5.11 Å². The Bertz CT molecular complexity index is 266. The number of unbranched alkanes of at least 4 members (excludes halogenated alkanes) is 1. The van der Waals surface area contributed by atoms with E-state index in [1.807, 2.05) is 18.2 Å². The van der Waals surface area contributed by atoms with Gasteiger partial charge in [0, 0.05) is 0 Å². The third kappa shape index (κ3) is 3.82. The molecule has 0 heterocycles. The number of phenols is 1. The molecule has 0 aliphatic carbocycles. The van der Waals surface area contributed by atoms with E-state index in [1.165, 1.54) is 19.3 Å². The van der Waals surface area contributed by atoms with Crippen LogP contribution >= 0.6 is 0 Å². The molecule has 0 fully saturated rings. The molecule has 0 radical (unpaired) electrons. The highest BCUT2D eigenvalue weighted by atomic mass is 16.3. The van der Waals surface area contributed by atoms with E-state index in [2.05, 4.69) is 13.8 Å². The molecule has 0 aliphatic heterocycles. The first-order chi connectivity index (χ1) is 6.70. The molecule has 14 heavy (non-hydrogen) atoms. The second-order valence-electron chi connectivity index (χ2n) is 4.27. The lowest BCUT2D eigenvalue weighted by molar-refractivity contribution is 0.464. The maximum atomic E-state index is 9.52. The summed E-state index contributed by atoms with van der Waals surface area (Å²) in [5.74, 6) is 1.23. The van der Waals surface area contributed by atoms with Gasteiger partial charge < -0.3 is 5.11 Å². The summed E-state index contributed by atoms with van der Waals surface area (Å²) in [5.41, 5.74) is 1.08. The SMILES string of the molecule is CC(C)CCCCc1ccccc1O. The average Bonchev–Trinajstić information content (AvgIpc) is 2.15. The van der Waals surface area contributed by atoms with Crippen molar-refractivity contribution in [2.24, 2.45) is 5.92 Å². The zero-order valence-corrected chi connectivity index (χ0v) is 9.16. The Morgan fingerprint density at radius 2 is 1.86 bits per heavy atom. The minimum Gasteiger partial charge on any atom is -0.508 e. The predicted molar refractivity (Wildman–Crippen MR) is 60.5 cm³/mol. The van der Waals surface area contributed by atoms with Crippen LogP contribution in [0.4, 0.5) is 0 Å². The van der Waals surface area contributed by atoms with Crippen LogP contribution in [0.1, 0.15) is 38.7 Å². The summed E-state index contributed by atoms with van der Waals surface area (Å²) in [7, 11) is 0. The van der Waals surface area contributed by atoms with Gasteiger partial charge in [0.2, 0.25) is 0 Å². The van der Waals surface area contributed by atoms with Crippen molar-refractivity contribution in [3.63, 3.8) is 0 Å². The molecule has 0 bridgehead atoms. The van der Waals surface area contributed by atoms with Crippen molar-refractivity contribution in [3.05, 3.63) is 29.8 Å². The zero-order chi connectivity index (χ0) is 10.4. The fraction of sp³-hybridized carbons (Fsp3) is 0.538. The van der Waals surface area contributed by atoms with E-state index in [-0.39, 0.29) is 0 Å². The number of para-hydroxylation sites is 1. The van der Waals surface area contributed by atoms with E-state index in [1.54, 1.807) is 6.07 Å². The minimum absolute atomic E-state index is 0.442. The number of benzene rings is 1. The molecule has 0 aliphatic rings. The van der Waals surface area contributed by atoms with Gasteiger partial charge in [-0.1, -0.05) is 44.9 Å². The number of hydrogen-bond acceptors (Lipinski definition) is 1. The molecular formula is C13H20O. The van der Waals surface area contributed by atoms with Crippen LogP contribution in [0.2, 0.25) is 0 Å². The minimum atomic E-state index is 0.442. The van der Waals surface area contributed by atoms with Crippen LogP contribution in [-0.2, 0) is 6.42 Å². The average molecular weight is 192 g/mol. The van der Waals surface area contributed by atoms with E-state index in [0.717, 1.165) is 17.9 Å². The smallest absolute Gasteiger partial charge is 0.118 e. The fourth-order valence-electron chi connectivity index (χ4n) is 1.59. The van der Waals surface area contributed by atoms with Gasteiger partial charge in [0.15, 0.2) is 0 Å². The third-order valence-corrected chi connectivity index (χ3v) is 2.47. The molecule has 0 spiro atoms. The lowest BCUT2D eigenvalue weighted by Gasteiger charge is -2.05. The monoisotopic (exact) mass is 192 g/mol. The highest BCUT2D eigenvalue weighted by Crippen LogP contribution is 2.18. The second kappa shape index (κ2) is 5.69. The summed E-state index contributed by atoms with van der Waals surface area (Å²) in [6.45, 7) is 4.50. The van der Waals surface area contributed by atoms with E-state index in [0.29, 0.717) is 5.75 Å². The Balaban J connectivity index is 2.28. The topological polar surface area (TPSA) is 20.2 Å². The summed E-state index contributed by atoms with van der Waals surface area (Å²) in [6, 6.07) is 7.62. The maximum absolute atomic E-state index is 9.52. The Morgan fingerprint density at radius 1 is 1.14 bits per heavy atom. The van der Waals surface area contributed by atoms with Crippen LogP contribution in [0.5, 0.6) is 5.75 Å². The lowest BCUT2D eigenvalue weighted by atomic mass is 10.0. The van der Waals surface area contributed by atoms with Crippen molar-refractivity contribution in [1.82, 2.24) is 0 Å². The van der Waals surface area contributed by atoms with E-state index in [9.17, 15) is 5.11 Å². The Morgan fingerprint density at radius 3 is 2.50 bits per heavy atom. The largest absolute Gasteiger partial charge is 0.508 e. The Labute approximate surface area is 86.8 Å². The summed E-state index contributed by atoms with van der Waals surface area (Å²) in [5, 5.41) is 9.52. The molecule has 0 aromatic heterocycles. The molecule has 0 saturated heterocycles. The summed E-state index contributed by atoms with van der Waals surface area (Å²) < 4.78 is 0. The Hall–Kier alpha value is -0.980. The van der Waals surface area contributed by atoms with Crippen LogP contribution in [-0.4, -0.2) is 5.11 Å². The van der Waals surface area contributed by atoms with Gasteiger partial charge in [-0.15, -0.1) is 0 Å². The molecule has 1 nitrogen and oxygen atoms in total. The lowest BCUT2D eigenvalue weighted by Crippen LogP contribution is -1.90. The van der Waals surface area contributed by atoms with Crippen molar-refractivity contribution in [2.75, 3.05) is 0 Å². The van der Waals surface area contributed by atoms with Crippen molar-refractivity contribution >= 4 is 0 Å². The molecule has 1 aromatic carbocycles. The third-order valence-electron chi connectivity index (χ3n) is 2.47.